The smallest absolute Gasteiger partial charge is 0.223 e. The Hall–Kier alpha value is -2.02. The summed E-state index contributed by atoms with van der Waals surface area (Å²) in [4.78, 5) is 17.7. The molecule has 0 spiro atoms. The van der Waals surface area contributed by atoms with Crippen LogP contribution in [0.5, 0.6) is 0 Å². The van der Waals surface area contributed by atoms with Gasteiger partial charge in [0, 0.05) is 39.3 Å². The summed E-state index contributed by atoms with van der Waals surface area (Å²) in [6.07, 6.45) is 4.71. The molecule has 1 fully saturated rings. The molecule has 0 radical (unpaired) electrons. The SMILES string of the molecule is Cc1cncc(N2CCCN(Cc3noc(C)n3)CC2)n1. The van der Waals surface area contributed by atoms with Crippen LogP contribution < -0.4 is 4.90 Å². The maximum absolute atomic E-state index is 5.02. The quantitative estimate of drug-likeness (QED) is 0.840. The molecule has 0 aliphatic carbocycles. The first-order valence-electron chi connectivity index (χ1n) is 7.26. The molecule has 3 heterocycles. The maximum Gasteiger partial charge on any atom is 0.223 e. The molecule has 0 aromatic carbocycles. The normalized spacial score (nSPS) is 17.0. The van der Waals surface area contributed by atoms with Crippen LogP contribution in [-0.2, 0) is 6.54 Å². The van der Waals surface area contributed by atoms with Gasteiger partial charge in [-0.2, -0.15) is 4.98 Å². The fourth-order valence-electron chi connectivity index (χ4n) is 2.57. The van der Waals surface area contributed by atoms with E-state index in [-0.39, 0.29) is 0 Å². The van der Waals surface area contributed by atoms with E-state index in [4.69, 9.17) is 4.52 Å². The Morgan fingerprint density at radius 2 is 2.00 bits per heavy atom. The van der Waals surface area contributed by atoms with E-state index in [1.54, 1.807) is 6.20 Å². The van der Waals surface area contributed by atoms with Crippen molar-refractivity contribution in [3.8, 4) is 0 Å². The number of hydrogen-bond donors (Lipinski definition) is 0. The van der Waals surface area contributed by atoms with E-state index < -0.39 is 0 Å². The van der Waals surface area contributed by atoms with Gasteiger partial charge in [0.2, 0.25) is 5.89 Å². The van der Waals surface area contributed by atoms with E-state index in [1.165, 1.54) is 0 Å². The van der Waals surface area contributed by atoms with Crippen LogP contribution in [0.25, 0.3) is 0 Å². The van der Waals surface area contributed by atoms with Crippen molar-refractivity contribution in [3.05, 3.63) is 29.8 Å². The van der Waals surface area contributed by atoms with Crippen molar-refractivity contribution in [2.45, 2.75) is 26.8 Å². The van der Waals surface area contributed by atoms with Gasteiger partial charge in [-0.15, -0.1) is 0 Å². The zero-order valence-electron chi connectivity index (χ0n) is 12.5. The zero-order valence-corrected chi connectivity index (χ0v) is 12.5. The van der Waals surface area contributed by atoms with Gasteiger partial charge >= 0.3 is 0 Å². The minimum atomic E-state index is 0.622. The summed E-state index contributed by atoms with van der Waals surface area (Å²) >= 11 is 0. The first-order chi connectivity index (χ1) is 10.2. The highest BCUT2D eigenvalue weighted by Crippen LogP contribution is 2.14. The molecular weight excluding hydrogens is 268 g/mol. The predicted molar refractivity (Wildman–Crippen MR) is 77.9 cm³/mol. The topological polar surface area (TPSA) is 71.2 Å². The van der Waals surface area contributed by atoms with Crippen LogP contribution in [0.2, 0.25) is 0 Å². The molecule has 21 heavy (non-hydrogen) atoms. The van der Waals surface area contributed by atoms with E-state index >= 15 is 0 Å². The van der Waals surface area contributed by atoms with E-state index in [2.05, 4.69) is 29.9 Å². The lowest BCUT2D eigenvalue weighted by molar-refractivity contribution is 0.272. The molecule has 7 heteroatoms. The zero-order chi connectivity index (χ0) is 14.7. The number of hydrogen-bond acceptors (Lipinski definition) is 7. The molecule has 3 rings (SSSR count). The molecule has 1 aliphatic heterocycles. The lowest BCUT2D eigenvalue weighted by Crippen LogP contribution is -2.31. The summed E-state index contributed by atoms with van der Waals surface area (Å²) in [5, 5.41) is 3.97. The van der Waals surface area contributed by atoms with Gasteiger partial charge in [0.1, 0.15) is 5.82 Å². The number of nitrogens with zero attached hydrogens (tertiary/aromatic N) is 6. The highest BCUT2D eigenvalue weighted by molar-refractivity contribution is 5.36. The number of aromatic nitrogens is 4. The molecule has 0 atom stereocenters. The molecule has 0 unspecified atom stereocenters. The summed E-state index contributed by atoms with van der Waals surface area (Å²) in [7, 11) is 0. The Balaban J connectivity index is 1.61. The molecular formula is C14H20N6O. The van der Waals surface area contributed by atoms with Crippen LogP contribution in [-0.4, -0.2) is 51.2 Å². The van der Waals surface area contributed by atoms with Gasteiger partial charge in [0.25, 0.3) is 0 Å². The van der Waals surface area contributed by atoms with Gasteiger partial charge in [0.05, 0.1) is 18.4 Å². The summed E-state index contributed by atoms with van der Waals surface area (Å²) < 4.78 is 5.02. The Morgan fingerprint density at radius 1 is 1.10 bits per heavy atom. The number of aryl methyl sites for hydroxylation is 2. The second-order valence-electron chi connectivity index (χ2n) is 5.37. The van der Waals surface area contributed by atoms with Crippen molar-refractivity contribution in [2.24, 2.45) is 0 Å². The summed E-state index contributed by atoms with van der Waals surface area (Å²) in [6.45, 7) is 8.46. The second-order valence-corrected chi connectivity index (χ2v) is 5.37. The Bertz CT molecular complexity index is 599. The average molecular weight is 288 g/mol. The highest BCUT2D eigenvalue weighted by Gasteiger charge is 2.18. The molecule has 112 valence electrons. The largest absolute Gasteiger partial charge is 0.354 e. The van der Waals surface area contributed by atoms with E-state index in [9.17, 15) is 0 Å². The number of rotatable bonds is 3. The van der Waals surface area contributed by atoms with E-state index in [1.807, 2.05) is 20.0 Å². The molecule has 7 nitrogen and oxygen atoms in total. The van der Waals surface area contributed by atoms with Gasteiger partial charge in [-0.05, 0) is 13.3 Å². The molecule has 1 saturated heterocycles. The van der Waals surface area contributed by atoms with Gasteiger partial charge in [0.15, 0.2) is 5.82 Å². The summed E-state index contributed by atoms with van der Waals surface area (Å²) in [5.74, 6) is 2.35. The fraction of sp³-hybridized carbons (Fsp3) is 0.571. The minimum absolute atomic E-state index is 0.622. The van der Waals surface area contributed by atoms with Crippen LogP contribution in [0.4, 0.5) is 5.82 Å². The molecule has 2 aromatic rings. The summed E-state index contributed by atoms with van der Waals surface area (Å²) in [6, 6.07) is 0. The van der Waals surface area contributed by atoms with Crippen LogP contribution in [0.15, 0.2) is 16.9 Å². The highest BCUT2D eigenvalue weighted by atomic mass is 16.5. The first kappa shape index (κ1) is 13.9. The second kappa shape index (κ2) is 6.17. The monoisotopic (exact) mass is 288 g/mol. The number of anilines is 1. The van der Waals surface area contributed by atoms with Crippen LogP contribution >= 0.6 is 0 Å². The van der Waals surface area contributed by atoms with Crippen molar-refractivity contribution in [1.82, 2.24) is 25.0 Å². The van der Waals surface area contributed by atoms with Gasteiger partial charge in [-0.3, -0.25) is 9.88 Å². The third kappa shape index (κ3) is 3.55. The Morgan fingerprint density at radius 3 is 2.76 bits per heavy atom. The lowest BCUT2D eigenvalue weighted by atomic mass is 10.3. The molecule has 1 aliphatic rings. The molecule has 0 N–H and O–H groups in total. The standard InChI is InChI=1S/C14H20N6O/c1-11-8-15-9-14(16-11)20-5-3-4-19(6-7-20)10-13-17-12(2)21-18-13/h8-9H,3-7,10H2,1-2H3. The average Bonchev–Trinajstić information content (AvgIpc) is 2.73. The van der Waals surface area contributed by atoms with Crippen molar-refractivity contribution in [1.29, 1.82) is 0 Å². The van der Waals surface area contributed by atoms with Crippen molar-refractivity contribution in [3.63, 3.8) is 0 Å². The Kier molecular flexibility index (Phi) is 4.10. The van der Waals surface area contributed by atoms with Gasteiger partial charge in [-0.1, -0.05) is 5.16 Å². The third-order valence-electron chi connectivity index (χ3n) is 3.59. The van der Waals surface area contributed by atoms with Crippen molar-refractivity contribution in [2.75, 3.05) is 31.1 Å². The van der Waals surface area contributed by atoms with Gasteiger partial charge in [-0.25, -0.2) is 4.98 Å². The van der Waals surface area contributed by atoms with Crippen molar-refractivity contribution < 1.29 is 4.52 Å². The van der Waals surface area contributed by atoms with Gasteiger partial charge < -0.3 is 9.42 Å². The van der Waals surface area contributed by atoms with Crippen LogP contribution in [0.3, 0.4) is 0 Å². The molecule has 0 amide bonds. The fourth-order valence-corrected chi connectivity index (χ4v) is 2.57. The lowest BCUT2D eigenvalue weighted by Gasteiger charge is -2.22. The molecule has 2 aromatic heterocycles. The molecule has 0 saturated carbocycles. The Labute approximate surface area is 124 Å². The third-order valence-corrected chi connectivity index (χ3v) is 3.59. The van der Waals surface area contributed by atoms with Crippen LogP contribution in [0, 0.1) is 13.8 Å². The minimum Gasteiger partial charge on any atom is -0.354 e. The first-order valence-corrected chi connectivity index (χ1v) is 7.26. The predicted octanol–water partition coefficient (Wildman–Crippen LogP) is 1.19. The summed E-state index contributed by atoms with van der Waals surface area (Å²) in [5.41, 5.74) is 0.955. The maximum atomic E-state index is 5.02. The van der Waals surface area contributed by atoms with E-state index in [0.29, 0.717) is 5.89 Å². The van der Waals surface area contributed by atoms with E-state index in [0.717, 1.165) is 56.5 Å². The van der Waals surface area contributed by atoms with Crippen LogP contribution in [0.1, 0.15) is 23.8 Å². The molecule has 0 bridgehead atoms. The van der Waals surface area contributed by atoms with Crippen molar-refractivity contribution >= 4 is 5.82 Å².